The molecule has 5 N–H and O–H groups in total. The molecule has 0 aromatic carbocycles. The fourth-order valence-electron chi connectivity index (χ4n) is 3.49. The molecule has 0 spiro atoms. The molecule has 0 radical (unpaired) electrons. The van der Waals surface area contributed by atoms with Crippen LogP contribution in [0.2, 0.25) is 0 Å². The number of nitrogens with one attached hydrogen (secondary N) is 3. The number of nitrogens with two attached hydrogens (primary N) is 1. The first-order valence-electron chi connectivity index (χ1n) is 8.45. The van der Waals surface area contributed by atoms with Gasteiger partial charge in [-0.25, -0.2) is 14.4 Å². The molecule has 3 aliphatic rings. The Morgan fingerprint density at radius 1 is 1.28 bits per heavy atom. The van der Waals surface area contributed by atoms with Crippen LogP contribution in [0.25, 0.3) is 5.57 Å². The summed E-state index contributed by atoms with van der Waals surface area (Å²) in [5.74, 6) is 0.220. The molecule has 1 saturated carbocycles. The summed E-state index contributed by atoms with van der Waals surface area (Å²) in [5, 5.41) is 10.1. The molecule has 1 aliphatic carbocycles. The molecule has 1 unspecified atom stereocenters. The number of dihydropyridines is 1. The molecule has 3 heterocycles. The predicted octanol–water partition coefficient (Wildman–Crippen LogP) is 2.18. The summed E-state index contributed by atoms with van der Waals surface area (Å²) in [6.07, 6.45) is 10.4. The van der Waals surface area contributed by atoms with Crippen molar-refractivity contribution >= 4 is 23.0 Å². The quantitative estimate of drug-likeness (QED) is 0.659. The van der Waals surface area contributed by atoms with E-state index in [-0.39, 0.29) is 24.1 Å². The van der Waals surface area contributed by atoms with Crippen LogP contribution in [0.15, 0.2) is 35.3 Å². The van der Waals surface area contributed by atoms with E-state index in [0.29, 0.717) is 10.9 Å². The molecule has 25 heavy (non-hydrogen) atoms. The van der Waals surface area contributed by atoms with Crippen molar-refractivity contribution in [3.63, 3.8) is 0 Å². The number of allylic oxidation sites excluding steroid dienone is 2. The molecule has 6 nitrogen and oxygen atoms in total. The van der Waals surface area contributed by atoms with Crippen LogP contribution in [0.1, 0.15) is 31.5 Å². The summed E-state index contributed by atoms with van der Waals surface area (Å²) in [7, 11) is 0. The molecule has 8 heteroatoms. The molecule has 0 saturated heterocycles. The number of hydrogen-bond acceptors (Lipinski definition) is 6. The Morgan fingerprint density at radius 3 is 2.96 bits per heavy atom. The van der Waals surface area contributed by atoms with Gasteiger partial charge in [-0.2, -0.15) is 0 Å². The lowest BCUT2D eigenvalue weighted by molar-refractivity contribution is 0.407. The average Bonchev–Trinajstić information content (AvgIpc) is 3.00. The zero-order chi connectivity index (χ0) is 17.4. The topological polar surface area (TPSA) is 87.9 Å². The average molecular weight is 363 g/mol. The van der Waals surface area contributed by atoms with Gasteiger partial charge < -0.3 is 21.7 Å². The third-order valence-corrected chi connectivity index (χ3v) is 4.96. The number of halogens is 2. The first kappa shape index (κ1) is 16.4. The van der Waals surface area contributed by atoms with Gasteiger partial charge in [0.25, 0.3) is 0 Å². The SMILES string of the molecule is N[C@@H]1CCC[C@H](Nc2nc(C3=CNC4NC=C(Cl)C=C34)ncc2F)C1. The van der Waals surface area contributed by atoms with Gasteiger partial charge >= 0.3 is 0 Å². The van der Waals surface area contributed by atoms with Crippen molar-refractivity contribution in [2.24, 2.45) is 5.73 Å². The summed E-state index contributed by atoms with van der Waals surface area (Å²) in [6.45, 7) is 0. The van der Waals surface area contributed by atoms with Gasteiger partial charge in [0.1, 0.15) is 6.17 Å². The van der Waals surface area contributed by atoms with Gasteiger partial charge in [0, 0.05) is 35.6 Å². The van der Waals surface area contributed by atoms with Crippen LogP contribution in [-0.4, -0.2) is 28.2 Å². The molecule has 1 fully saturated rings. The van der Waals surface area contributed by atoms with E-state index in [1.807, 2.05) is 12.3 Å². The van der Waals surface area contributed by atoms with Crippen molar-refractivity contribution in [2.75, 3.05) is 5.32 Å². The Morgan fingerprint density at radius 2 is 2.12 bits per heavy atom. The fourth-order valence-corrected chi connectivity index (χ4v) is 3.67. The normalized spacial score (nSPS) is 28.1. The van der Waals surface area contributed by atoms with Crippen LogP contribution in [0.5, 0.6) is 0 Å². The van der Waals surface area contributed by atoms with E-state index in [2.05, 4.69) is 25.9 Å². The lowest BCUT2D eigenvalue weighted by Crippen LogP contribution is -2.36. The Hall–Kier alpha value is -2.12. The number of aromatic nitrogens is 2. The summed E-state index contributed by atoms with van der Waals surface area (Å²) >= 11 is 6.08. The van der Waals surface area contributed by atoms with Crippen LogP contribution in [0.3, 0.4) is 0 Å². The molecular weight excluding hydrogens is 343 g/mol. The number of nitrogens with zero attached hydrogens (tertiary/aromatic N) is 2. The molecule has 3 atom stereocenters. The van der Waals surface area contributed by atoms with E-state index < -0.39 is 5.82 Å². The van der Waals surface area contributed by atoms with Gasteiger partial charge in [-0.15, -0.1) is 0 Å². The lowest BCUT2D eigenvalue weighted by atomic mass is 9.92. The largest absolute Gasteiger partial charge is 0.367 e. The Kier molecular flexibility index (Phi) is 4.35. The summed E-state index contributed by atoms with van der Waals surface area (Å²) in [6, 6.07) is 0.294. The molecule has 4 rings (SSSR count). The van der Waals surface area contributed by atoms with Crippen molar-refractivity contribution in [1.29, 1.82) is 0 Å². The molecule has 132 valence electrons. The highest BCUT2D eigenvalue weighted by Crippen LogP contribution is 2.31. The van der Waals surface area contributed by atoms with Gasteiger partial charge in [-0.3, -0.25) is 0 Å². The van der Waals surface area contributed by atoms with Crippen molar-refractivity contribution in [2.45, 2.75) is 43.9 Å². The zero-order valence-electron chi connectivity index (χ0n) is 13.6. The molecule has 2 aliphatic heterocycles. The van der Waals surface area contributed by atoms with E-state index >= 15 is 0 Å². The van der Waals surface area contributed by atoms with Crippen molar-refractivity contribution < 1.29 is 4.39 Å². The summed E-state index contributed by atoms with van der Waals surface area (Å²) in [4.78, 5) is 8.57. The van der Waals surface area contributed by atoms with Gasteiger partial charge in [0.05, 0.1) is 11.2 Å². The number of anilines is 1. The third-order valence-electron chi connectivity index (χ3n) is 4.74. The fraction of sp³-hybridized carbons (Fsp3) is 0.412. The molecular formula is C17H20ClFN6. The van der Waals surface area contributed by atoms with Crippen LogP contribution in [0.4, 0.5) is 10.2 Å². The zero-order valence-corrected chi connectivity index (χ0v) is 14.4. The Bertz CT molecular complexity index is 774. The number of fused-ring (bicyclic) bond motifs is 1. The minimum Gasteiger partial charge on any atom is -0.367 e. The van der Waals surface area contributed by atoms with E-state index in [4.69, 9.17) is 17.3 Å². The maximum absolute atomic E-state index is 14.2. The van der Waals surface area contributed by atoms with E-state index in [9.17, 15) is 4.39 Å². The first-order chi connectivity index (χ1) is 12.1. The van der Waals surface area contributed by atoms with Crippen LogP contribution >= 0.6 is 11.6 Å². The second kappa shape index (κ2) is 6.65. The second-order valence-electron chi connectivity index (χ2n) is 6.61. The molecule has 1 aromatic heterocycles. The summed E-state index contributed by atoms with van der Waals surface area (Å²) < 4.78 is 14.2. The van der Waals surface area contributed by atoms with Gasteiger partial charge in [-0.1, -0.05) is 11.6 Å². The minimum absolute atomic E-state index is 0.0705. The van der Waals surface area contributed by atoms with Gasteiger partial charge in [0.15, 0.2) is 17.5 Å². The van der Waals surface area contributed by atoms with E-state index in [1.54, 1.807) is 6.20 Å². The van der Waals surface area contributed by atoms with Crippen molar-refractivity contribution in [1.82, 2.24) is 20.6 Å². The maximum Gasteiger partial charge on any atom is 0.183 e. The van der Waals surface area contributed by atoms with Gasteiger partial charge in [-0.05, 0) is 31.8 Å². The highest BCUT2D eigenvalue weighted by atomic mass is 35.5. The Balaban J connectivity index is 1.58. The standard InChI is InChI=1S/C17H20ClFN6/c18-9-4-12-13(7-22-15(12)21-6-9)16-23-8-14(19)17(25-16)24-11-3-1-2-10(20)5-11/h4,6-8,10-11,15,21-22H,1-3,5,20H2,(H,23,24,25)/t10-,11+,15?/m1/s1. The minimum atomic E-state index is -0.459. The van der Waals surface area contributed by atoms with Crippen LogP contribution < -0.4 is 21.7 Å². The molecule has 0 amide bonds. The smallest absolute Gasteiger partial charge is 0.183 e. The first-order valence-corrected chi connectivity index (χ1v) is 8.83. The predicted molar refractivity (Wildman–Crippen MR) is 95.9 cm³/mol. The molecule has 0 bridgehead atoms. The van der Waals surface area contributed by atoms with Crippen molar-refractivity contribution in [3.05, 3.63) is 46.9 Å². The van der Waals surface area contributed by atoms with Crippen LogP contribution in [0, 0.1) is 5.82 Å². The lowest BCUT2D eigenvalue weighted by Gasteiger charge is -2.27. The monoisotopic (exact) mass is 362 g/mol. The van der Waals surface area contributed by atoms with Crippen molar-refractivity contribution in [3.8, 4) is 0 Å². The van der Waals surface area contributed by atoms with Crippen LogP contribution in [-0.2, 0) is 0 Å². The van der Waals surface area contributed by atoms with Gasteiger partial charge in [0.2, 0.25) is 0 Å². The third kappa shape index (κ3) is 3.34. The number of hydrogen-bond donors (Lipinski definition) is 4. The van der Waals surface area contributed by atoms with E-state index in [0.717, 1.165) is 36.8 Å². The van der Waals surface area contributed by atoms with E-state index in [1.165, 1.54) is 6.20 Å². The molecule has 1 aromatic rings. The highest BCUT2D eigenvalue weighted by molar-refractivity contribution is 6.31. The highest BCUT2D eigenvalue weighted by Gasteiger charge is 2.28. The number of rotatable bonds is 3. The summed E-state index contributed by atoms with van der Waals surface area (Å²) in [5.41, 5.74) is 7.75. The maximum atomic E-state index is 14.2. The second-order valence-corrected chi connectivity index (χ2v) is 7.05. The Labute approximate surface area is 150 Å².